The smallest absolute Gasteiger partial charge is 0.248 e. The van der Waals surface area contributed by atoms with Crippen LogP contribution in [-0.2, 0) is 27.7 Å². The number of hydrogen-bond acceptors (Lipinski definition) is 6. The summed E-state index contributed by atoms with van der Waals surface area (Å²) in [6.45, 7) is 4.55. The van der Waals surface area contributed by atoms with Crippen molar-refractivity contribution in [2.45, 2.75) is 50.7 Å². The number of rotatable bonds is 10. The molecular formula is C25H29FN2O5S. The van der Waals surface area contributed by atoms with Crippen molar-refractivity contribution in [3.8, 4) is 5.75 Å². The van der Waals surface area contributed by atoms with E-state index in [1.807, 2.05) is 18.2 Å². The van der Waals surface area contributed by atoms with Crippen LogP contribution in [0.1, 0.15) is 35.4 Å². The number of aryl methyl sites for hydroxylation is 2. The summed E-state index contributed by atoms with van der Waals surface area (Å²) in [5, 5.41) is 3.82. The maximum atomic E-state index is 13.8. The fourth-order valence-electron chi connectivity index (χ4n) is 4.15. The lowest BCUT2D eigenvalue weighted by molar-refractivity contribution is 0.0925. The molecule has 4 rings (SSSR count). The van der Waals surface area contributed by atoms with Crippen LogP contribution in [-0.4, -0.2) is 43.7 Å². The van der Waals surface area contributed by atoms with Crippen LogP contribution >= 0.6 is 0 Å². The first-order chi connectivity index (χ1) is 16.3. The lowest BCUT2D eigenvalue weighted by atomic mass is 10.1. The SMILES string of the molecule is Cc1noc(C)c1S(=O)(=O)N(Cc1cccc(OCCc2ccccc2F)c1)C[C@H]1CCCO1. The molecule has 0 bridgehead atoms. The molecule has 1 aliphatic rings. The van der Waals surface area contributed by atoms with Crippen molar-refractivity contribution in [3.63, 3.8) is 0 Å². The van der Waals surface area contributed by atoms with Gasteiger partial charge in [-0.15, -0.1) is 0 Å². The Morgan fingerprint density at radius 3 is 2.71 bits per heavy atom. The van der Waals surface area contributed by atoms with Crippen molar-refractivity contribution in [2.75, 3.05) is 19.8 Å². The van der Waals surface area contributed by atoms with E-state index in [0.717, 1.165) is 18.4 Å². The molecule has 9 heteroatoms. The van der Waals surface area contributed by atoms with Crippen molar-refractivity contribution in [1.82, 2.24) is 9.46 Å². The zero-order valence-electron chi connectivity index (χ0n) is 19.4. The fraction of sp³-hybridized carbons (Fsp3) is 0.400. The highest BCUT2D eigenvalue weighted by Gasteiger charge is 2.33. The van der Waals surface area contributed by atoms with Gasteiger partial charge in [0.15, 0.2) is 5.76 Å². The van der Waals surface area contributed by atoms with E-state index in [1.165, 1.54) is 10.4 Å². The van der Waals surface area contributed by atoms with Gasteiger partial charge in [0, 0.05) is 26.1 Å². The van der Waals surface area contributed by atoms with Crippen LogP contribution in [0, 0.1) is 19.7 Å². The second-order valence-electron chi connectivity index (χ2n) is 8.42. The van der Waals surface area contributed by atoms with Crippen molar-refractivity contribution in [3.05, 3.63) is 76.9 Å². The van der Waals surface area contributed by atoms with E-state index in [9.17, 15) is 12.8 Å². The Bertz CT molecular complexity index is 1200. The minimum atomic E-state index is -3.86. The Hall–Kier alpha value is -2.75. The number of nitrogens with zero attached hydrogens (tertiary/aromatic N) is 2. The van der Waals surface area contributed by atoms with E-state index in [-0.39, 0.29) is 35.7 Å². The Balaban J connectivity index is 1.50. The molecule has 2 heterocycles. The summed E-state index contributed by atoms with van der Waals surface area (Å²) in [6, 6.07) is 13.9. The predicted molar refractivity (Wildman–Crippen MR) is 125 cm³/mol. The van der Waals surface area contributed by atoms with Crippen LogP contribution in [0.5, 0.6) is 5.75 Å². The second kappa shape index (κ2) is 10.7. The van der Waals surface area contributed by atoms with Gasteiger partial charge in [-0.25, -0.2) is 12.8 Å². The molecule has 3 aromatic rings. The van der Waals surface area contributed by atoms with Crippen LogP contribution < -0.4 is 4.74 Å². The Morgan fingerprint density at radius 2 is 2.00 bits per heavy atom. The maximum Gasteiger partial charge on any atom is 0.248 e. The van der Waals surface area contributed by atoms with E-state index in [0.29, 0.717) is 36.6 Å². The molecular weight excluding hydrogens is 459 g/mol. The molecule has 0 N–H and O–H groups in total. The molecule has 0 spiro atoms. The lowest BCUT2D eigenvalue weighted by Crippen LogP contribution is -2.37. The molecule has 1 aromatic heterocycles. The number of ether oxygens (including phenoxy) is 2. The zero-order chi connectivity index (χ0) is 24.1. The van der Waals surface area contributed by atoms with Gasteiger partial charge in [-0.2, -0.15) is 4.31 Å². The van der Waals surface area contributed by atoms with Crippen molar-refractivity contribution < 1.29 is 26.8 Å². The van der Waals surface area contributed by atoms with Crippen LogP contribution in [0.4, 0.5) is 4.39 Å². The molecule has 2 aromatic carbocycles. The normalized spacial score (nSPS) is 16.3. The van der Waals surface area contributed by atoms with Gasteiger partial charge in [-0.3, -0.25) is 0 Å². The Morgan fingerprint density at radius 1 is 1.18 bits per heavy atom. The fourth-order valence-corrected chi connectivity index (χ4v) is 5.90. The average molecular weight is 489 g/mol. The largest absolute Gasteiger partial charge is 0.493 e. The van der Waals surface area contributed by atoms with E-state index < -0.39 is 10.0 Å². The van der Waals surface area contributed by atoms with Crippen LogP contribution in [0.3, 0.4) is 0 Å². The Kier molecular flexibility index (Phi) is 7.65. The number of sulfonamides is 1. The highest BCUT2D eigenvalue weighted by molar-refractivity contribution is 7.89. The van der Waals surface area contributed by atoms with E-state index >= 15 is 0 Å². The maximum absolute atomic E-state index is 13.8. The van der Waals surface area contributed by atoms with Gasteiger partial charge in [0.05, 0.1) is 12.7 Å². The van der Waals surface area contributed by atoms with Gasteiger partial charge >= 0.3 is 0 Å². The molecule has 0 aliphatic carbocycles. The summed E-state index contributed by atoms with van der Waals surface area (Å²) < 4.78 is 59.1. The first-order valence-corrected chi connectivity index (χ1v) is 12.8. The molecule has 34 heavy (non-hydrogen) atoms. The average Bonchev–Trinajstić information content (AvgIpc) is 3.44. The van der Waals surface area contributed by atoms with Gasteiger partial charge in [-0.1, -0.05) is 35.5 Å². The van der Waals surface area contributed by atoms with E-state index in [1.54, 1.807) is 38.1 Å². The third-order valence-corrected chi connectivity index (χ3v) is 7.91. The summed E-state index contributed by atoms with van der Waals surface area (Å²) in [7, 11) is -3.86. The summed E-state index contributed by atoms with van der Waals surface area (Å²) in [4.78, 5) is 0.0998. The quantitative estimate of drug-likeness (QED) is 0.420. The van der Waals surface area contributed by atoms with Crippen LogP contribution in [0.2, 0.25) is 0 Å². The number of hydrogen-bond donors (Lipinski definition) is 0. The molecule has 7 nitrogen and oxygen atoms in total. The number of benzene rings is 2. The van der Waals surface area contributed by atoms with Crippen molar-refractivity contribution >= 4 is 10.0 Å². The van der Waals surface area contributed by atoms with Gasteiger partial charge in [0.2, 0.25) is 10.0 Å². The highest BCUT2D eigenvalue weighted by atomic mass is 32.2. The summed E-state index contributed by atoms with van der Waals surface area (Å²) >= 11 is 0. The van der Waals surface area contributed by atoms with Gasteiger partial charge in [-0.05, 0) is 56.0 Å². The van der Waals surface area contributed by atoms with Crippen molar-refractivity contribution in [2.24, 2.45) is 0 Å². The van der Waals surface area contributed by atoms with Crippen LogP contribution in [0.15, 0.2) is 57.9 Å². The summed E-state index contributed by atoms with van der Waals surface area (Å²) in [5.41, 5.74) is 1.70. The second-order valence-corrected chi connectivity index (χ2v) is 10.3. The van der Waals surface area contributed by atoms with Crippen LogP contribution in [0.25, 0.3) is 0 Å². The number of aromatic nitrogens is 1. The predicted octanol–water partition coefficient (Wildman–Crippen LogP) is 4.42. The highest BCUT2D eigenvalue weighted by Crippen LogP contribution is 2.27. The third-order valence-electron chi connectivity index (χ3n) is 5.85. The Labute approximate surface area is 199 Å². The van der Waals surface area contributed by atoms with E-state index in [4.69, 9.17) is 14.0 Å². The first-order valence-electron chi connectivity index (χ1n) is 11.3. The summed E-state index contributed by atoms with van der Waals surface area (Å²) in [5.74, 6) is 0.606. The van der Waals surface area contributed by atoms with Gasteiger partial charge in [0.1, 0.15) is 22.2 Å². The number of halogens is 1. The molecule has 0 radical (unpaired) electrons. The van der Waals surface area contributed by atoms with E-state index in [2.05, 4.69) is 5.16 Å². The zero-order valence-corrected chi connectivity index (χ0v) is 20.2. The van der Waals surface area contributed by atoms with Gasteiger partial charge < -0.3 is 14.0 Å². The molecule has 1 atom stereocenters. The first kappa shape index (κ1) is 24.4. The monoisotopic (exact) mass is 488 g/mol. The molecule has 0 amide bonds. The van der Waals surface area contributed by atoms with Crippen molar-refractivity contribution in [1.29, 1.82) is 0 Å². The molecule has 0 saturated carbocycles. The molecule has 0 unspecified atom stereocenters. The lowest BCUT2D eigenvalue weighted by Gasteiger charge is -2.25. The van der Waals surface area contributed by atoms with Gasteiger partial charge in [0.25, 0.3) is 0 Å². The third kappa shape index (κ3) is 5.65. The molecule has 1 saturated heterocycles. The minimum absolute atomic E-state index is 0.0998. The molecule has 182 valence electrons. The molecule has 1 aliphatic heterocycles. The molecule has 1 fully saturated rings. The standard InChI is InChI=1S/C25H29FN2O5S/c1-18-25(19(2)33-27-18)34(29,30)28(17-23-10-6-13-31-23)16-20-7-5-9-22(15-20)32-14-12-21-8-3-4-11-24(21)26/h3-5,7-9,11,15,23H,6,10,12-14,16-17H2,1-2H3/t23-/m1/s1. The minimum Gasteiger partial charge on any atom is -0.493 e. The topological polar surface area (TPSA) is 81.9 Å². The summed E-state index contributed by atoms with van der Waals surface area (Å²) in [6.07, 6.45) is 2.00.